The highest BCUT2D eigenvalue weighted by Gasteiger charge is 2.44. The summed E-state index contributed by atoms with van der Waals surface area (Å²) in [5.41, 5.74) is 0.867. The molecule has 0 unspecified atom stereocenters. The summed E-state index contributed by atoms with van der Waals surface area (Å²) in [6.07, 6.45) is 2.45. The smallest absolute Gasteiger partial charge is 0.225 e. The van der Waals surface area contributed by atoms with E-state index >= 15 is 0 Å². The molecule has 2 nitrogen and oxygen atoms in total. The van der Waals surface area contributed by atoms with Gasteiger partial charge in [0, 0.05) is 28.7 Å². The lowest BCUT2D eigenvalue weighted by atomic mass is 10.2. The first-order valence-electron chi connectivity index (χ1n) is 3.99. The molecule has 0 saturated heterocycles. The van der Waals surface area contributed by atoms with Crippen LogP contribution in [0.2, 0.25) is 5.02 Å². The number of nitrogens with zero attached hydrogens (tertiary/aromatic N) is 1. The number of halogens is 2. The van der Waals surface area contributed by atoms with E-state index in [0.29, 0.717) is 5.02 Å². The van der Waals surface area contributed by atoms with E-state index in [0.717, 1.165) is 12.1 Å². The van der Waals surface area contributed by atoms with Crippen molar-refractivity contribution in [3.63, 3.8) is 0 Å². The molecule has 0 radical (unpaired) electrons. The zero-order valence-corrected chi connectivity index (χ0v) is 8.22. The second kappa shape index (κ2) is 3.28. The molecule has 68 valence electrons. The van der Waals surface area contributed by atoms with Crippen LogP contribution in [0, 0.1) is 5.92 Å². The molecule has 13 heavy (non-hydrogen) atoms. The van der Waals surface area contributed by atoms with Gasteiger partial charge in [-0.25, -0.2) is 0 Å². The Labute approximate surface area is 85.9 Å². The van der Waals surface area contributed by atoms with Crippen LogP contribution in [-0.2, 0) is 4.79 Å². The van der Waals surface area contributed by atoms with E-state index in [1.165, 1.54) is 0 Å². The molecule has 1 aromatic heterocycles. The van der Waals surface area contributed by atoms with Gasteiger partial charge in [-0.3, -0.25) is 9.78 Å². The molecule has 1 saturated carbocycles. The Morgan fingerprint density at radius 3 is 2.92 bits per heavy atom. The number of carbonyl (C=O) groups is 1. The molecule has 0 N–H and O–H groups in total. The van der Waals surface area contributed by atoms with Gasteiger partial charge in [0.05, 0.1) is 0 Å². The van der Waals surface area contributed by atoms with Crippen molar-refractivity contribution in [1.29, 1.82) is 0 Å². The molecule has 1 fully saturated rings. The summed E-state index contributed by atoms with van der Waals surface area (Å²) < 4.78 is 0. The lowest BCUT2D eigenvalue weighted by Crippen LogP contribution is -1.93. The summed E-state index contributed by atoms with van der Waals surface area (Å²) in [7, 11) is 0. The molecule has 0 aliphatic heterocycles. The lowest BCUT2D eigenvalue weighted by molar-refractivity contribution is -0.112. The monoisotopic (exact) mass is 215 g/mol. The van der Waals surface area contributed by atoms with Gasteiger partial charge in [-0.1, -0.05) is 11.6 Å². The maximum Gasteiger partial charge on any atom is 0.225 e. The Morgan fingerprint density at radius 2 is 2.38 bits per heavy atom. The summed E-state index contributed by atoms with van der Waals surface area (Å²) in [6, 6.07) is 3.50. The number of pyridine rings is 1. The highest BCUT2D eigenvalue weighted by Crippen LogP contribution is 2.48. The first-order chi connectivity index (χ1) is 6.18. The van der Waals surface area contributed by atoms with Gasteiger partial charge in [-0.05, 0) is 30.2 Å². The van der Waals surface area contributed by atoms with E-state index in [9.17, 15) is 4.79 Å². The fourth-order valence-electron chi connectivity index (χ4n) is 1.40. The van der Waals surface area contributed by atoms with Gasteiger partial charge in [-0.15, -0.1) is 0 Å². The van der Waals surface area contributed by atoms with E-state index in [1.54, 1.807) is 18.3 Å². The van der Waals surface area contributed by atoms with Gasteiger partial charge in [0.2, 0.25) is 5.24 Å². The Hall–Kier alpha value is -0.600. The van der Waals surface area contributed by atoms with Crippen LogP contribution in [0.5, 0.6) is 0 Å². The number of carbonyl (C=O) groups excluding carboxylic acids is 1. The van der Waals surface area contributed by atoms with E-state index in [-0.39, 0.29) is 17.1 Å². The van der Waals surface area contributed by atoms with Crippen molar-refractivity contribution in [3.05, 3.63) is 29.0 Å². The van der Waals surface area contributed by atoms with Crippen molar-refractivity contribution in [2.45, 2.75) is 12.3 Å². The molecular formula is C9H7Cl2NO. The van der Waals surface area contributed by atoms with Crippen LogP contribution in [-0.4, -0.2) is 10.2 Å². The van der Waals surface area contributed by atoms with Crippen molar-refractivity contribution in [2.75, 3.05) is 0 Å². The fourth-order valence-corrected chi connectivity index (χ4v) is 1.81. The second-order valence-electron chi connectivity index (χ2n) is 3.15. The molecule has 0 aromatic carbocycles. The van der Waals surface area contributed by atoms with Crippen LogP contribution in [0.25, 0.3) is 0 Å². The van der Waals surface area contributed by atoms with Gasteiger partial charge in [-0.2, -0.15) is 0 Å². The summed E-state index contributed by atoms with van der Waals surface area (Å²) in [5, 5.41) is 0.379. The van der Waals surface area contributed by atoms with Crippen LogP contribution < -0.4 is 0 Å². The maximum atomic E-state index is 10.8. The van der Waals surface area contributed by atoms with Crippen molar-refractivity contribution >= 4 is 28.4 Å². The molecule has 2 rings (SSSR count). The molecular weight excluding hydrogens is 209 g/mol. The van der Waals surface area contributed by atoms with Crippen LogP contribution in [0.3, 0.4) is 0 Å². The number of hydrogen-bond acceptors (Lipinski definition) is 2. The Balaban J connectivity index is 2.16. The minimum atomic E-state index is -0.272. The van der Waals surface area contributed by atoms with E-state index in [2.05, 4.69) is 4.98 Å². The molecule has 0 amide bonds. The van der Waals surface area contributed by atoms with E-state index in [1.807, 2.05) is 0 Å². The minimum Gasteiger partial charge on any atom is -0.281 e. The van der Waals surface area contributed by atoms with Crippen molar-refractivity contribution < 1.29 is 4.79 Å². The SMILES string of the molecule is O=C(Cl)[C@H]1C[C@@H]1c1cc(Cl)ccn1. The Kier molecular flexibility index (Phi) is 2.26. The Bertz CT molecular complexity index is 353. The van der Waals surface area contributed by atoms with Crippen LogP contribution in [0.4, 0.5) is 0 Å². The third-order valence-electron chi connectivity index (χ3n) is 2.20. The average Bonchev–Trinajstić information content (AvgIpc) is 2.82. The molecule has 1 heterocycles. The maximum absolute atomic E-state index is 10.8. The quantitative estimate of drug-likeness (QED) is 0.711. The number of hydrogen-bond donors (Lipinski definition) is 0. The largest absolute Gasteiger partial charge is 0.281 e. The highest BCUT2D eigenvalue weighted by atomic mass is 35.5. The molecule has 1 aromatic rings. The van der Waals surface area contributed by atoms with Gasteiger partial charge in [0.25, 0.3) is 0 Å². The zero-order chi connectivity index (χ0) is 9.42. The van der Waals surface area contributed by atoms with Gasteiger partial charge in [0.15, 0.2) is 0 Å². The van der Waals surface area contributed by atoms with Crippen LogP contribution in [0.15, 0.2) is 18.3 Å². The molecule has 2 atom stereocenters. The number of aromatic nitrogens is 1. The first kappa shape index (κ1) is 8.97. The fraction of sp³-hybridized carbons (Fsp3) is 0.333. The summed E-state index contributed by atoms with van der Waals surface area (Å²) in [6.45, 7) is 0. The first-order valence-corrected chi connectivity index (χ1v) is 4.75. The van der Waals surface area contributed by atoms with E-state index < -0.39 is 0 Å². The molecule has 1 aliphatic rings. The predicted molar refractivity (Wildman–Crippen MR) is 51.0 cm³/mol. The van der Waals surface area contributed by atoms with Crippen molar-refractivity contribution in [3.8, 4) is 0 Å². The predicted octanol–water partition coefficient (Wildman–Crippen LogP) is 2.60. The third-order valence-corrected chi connectivity index (χ3v) is 2.72. The Morgan fingerprint density at radius 1 is 1.62 bits per heavy atom. The lowest BCUT2D eigenvalue weighted by Gasteiger charge is -1.96. The third kappa shape index (κ3) is 1.84. The summed E-state index contributed by atoms with van der Waals surface area (Å²) in [5.74, 6) is 0.135. The minimum absolute atomic E-state index is 0.0485. The highest BCUT2D eigenvalue weighted by molar-refractivity contribution is 6.64. The molecule has 1 aliphatic carbocycles. The van der Waals surface area contributed by atoms with Crippen molar-refractivity contribution in [1.82, 2.24) is 4.98 Å². The molecule has 4 heteroatoms. The van der Waals surface area contributed by atoms with Crippen LogP contribution in [0.1, 0.15) is 18.0 Å². The van der Waals surface area contributed by atoms with Gasteiger partial charge < -0.3 is 0 Å². The summed E-state index contributed by atoms with van der Waals surface area (Å²) >= 11 is 11.1. The standard InChI is InChI=1S/C9H7Cl2NO/c10-5-1-2-12-8(3-5)6-4-7(6)9(11)13/h1-3,6-7H,4H2/t6-,7-/m0/s1. The van der Waals surface area contributed by atoms with Crippen LogP contribution >= 0.6 is 23.2 Å². The molecule has 0 spiro atoms. The van der Waals surface area contributed by atoms with Gasteiger partial charge >= 0.3 is 0 Å². The average molecular weight is 216 g/mol. The normalized spacial score (nSPS) is 25.7. The second-order valence-corrected chi connectivity index (χ2v) is 3.96. The number of rotatable bonds is 2. The summed E-state index contributed by atoms with van der Waals surface area (Å²) in [4.78, 5) is 14.9. The van der Waals surface area contributed by atoms with Crippen molar-refractivity contribution in [2.24, 2.45) is 5.92 Å². The zero-order valence-electron chi connectivity index (χ0n) is 6.71. The van der Waals surface area contributed by atoms with E-state index in [4.69, 9.17) is 23.2 Å². The van der Waals surface area contributed by atoms with Gasteiger partial charge in [0.1, 0.15) is 0 Å². The molecule has 0 bridgehead atoms. The topological polar surface area (TPSA) is 30.0 Å².